The van der Waals surface area contributed by atoms with Crippen LogP contribution in [0.5, 0.6) is 0 Å². The van der Waals surface area contributed by atoms with Crippen LogP contribution in [0.3, 0.4) is 0 Å². The Morgan fingerprint density at radius 3 is 3.11 bits per heavy atom. The SMILES string of the molecule is FCCN1CC(Cl)C=N1. The van der Waals surface area contributed by atoms with E-state index in [2.05, 4.69) is 5.10 Å². The molecule has 0 aromatic heterocycles. The van der Waals surface area contributed by atoms with Gasteiger partial charge in [0, 0.05) is 6.21 Å². The van der Waals surface area contributed by atoms with Gasteiger partial charge >= 0.3 is 0 Å². The molecule has 0 spiro atoms. The van der Waals surface area contributed by atoms with Crippen LogP contribution in [0.25, 0.3) is 0 Å². The van der Waals surface area contributed by atoms with E-state index in [0.717, 1.165) is 0 Å². The average Bonchev–Trinajstić information content (AvgIpc) is 2.17. The molecule has 52 valence electrons. The highest BCUT2D eigenvalue weighted by Gasteiger charge is 2.13. The van der Waals surface area contributed by atoms with Crippen LogP contribution >= 0.6 is 11.6 Å². The van der Waals surface area contributed by atoms with E-state index in [1.807, 2.05) is 0 Å². The van der Waals surface area contributed by atoms with Gasteiger partial charge in [-0.3, -0.25) is 5.01 Å². The van der Waals surface area contributed by atoms with Gasteiger partial charge in [0.15, 0.2) is 0 Å². The first-order valence-electron chi connectivity index (χ1n) is 2.82. The molecule has 0 saturated carbocycles. The van der Waals surface area contributed by atoms with Crippen LogP contribution in [-0.2, 0) is 0 Å². The van der Waals surface area contributed by atoms with Crippen LogP contribution in [0.2, 0.25) is 0 Å². The van der Waals surface area contributed by atoms with Gasteiger partial charge < -0.3 is 0 Å². The van der Waals surface area contributed by atoms with Crippen molar-refractivity contribution in [3.8, 4) is 0 Å². The monoisotopic (exact) mass is 150 g/mol. The standard InChI is InChI=1S/C5H8ClFN2/c6-5-3-8-9(4-5)2-1-7/h3,5H,1-2,4H2. The minimum absolute atomic E-state index is 0.0310. The lowest BCUT2D eigenvalue weighted by molar-refractivity contribution is 0.283. The van der Waals surface area contributed by atoms with E-state index < -0.39 is 0 Å². The van der Waals surface area contributed by atoms with Crippen molar-refractivity contribution < 1.29 is 4.39 Å². The first kappa shape index (κ1) is 6.81. The smallest absolute Gasteiger partial charge is 0.109 e. The number of hydrogen-bond donors (Lipinski definition) is 0. The third-order valence-corrected chi connectivity index (χ3v) is 1.37. The van der Waals surface area contributed by atoms with Crippen molar-refractivity contribution >= 4 is 17.8 Å². The molecule has 0 N–H and O–H groups in total. The maximum atomic E-state index is 11.6. The number of hydrazone groups is 1. The molecule has 1 aliphatic heterocycles. The Bertz CT molecular complexity index is 118. The summed E-state index contributed by atoms with van der Waals surface area (Å²) in [6.45, 7) is 0.645. The maximum Gasteiger partial charge on any atom is 0.109 e. The van der Waals surface area contributed by atoms with Gasteiger partial charge in [-0.2, -0.15) is 5.10 Å². The van der Waals surface area contributed by atoms with E-state index in [9.17, 15) is 4.39 Å². The second-order valence-electron chi connectivity index (χ2n) is 1.88. The van der Waals surface area contributed by atoms with E-state index in [4.69, 9.17) is 11.6 Å². The van der Waals surface area contributed by atoms with Crippen molar-refractivity contribution in [3.05, 3.63) is 0 Å². The van der Waals surface area contributed by atoms with Gasteiger partial charge in [-0.25, -0.2) is 4.39 Å². The molecule has 0 bridgehead atoms. The van der Waals surface area contributed by atoms with E-state index in [0.29, 0.717) is 13.1 Å². The van der Waals surface area contributed by atoms with Gasteiger partial charge in [0.05, 0.1) is 18.5 Å². The molecule has 0 saturated heterocycles. The van der Waals surface area contributed by atoms with Crippen LogP contribution < -0.4 is 0 Å². The minimum atomic E-state index is -0.360. The molecule has 1 atom stereocenters. The molecule has 0 fully saturated rings. The fourth-order valence-corrected chi connectivity index (χ4v) is 0.919. The number of rotatable bonds is 2. The summed E-state index contributed by atoms with van der Waals surface area (Å²) in [5, 5.41) is 5.43. The highest BCUT2D eigenvalue weighted by molar-refractivity contribution is 6.28. The number of alkyl halides is 2. The largest absolute Gasteiger partial charge is 0.293 e. The second kappa shape index (κ2) is 3.01. The predicted molar refractivity (Wildman–Crippen MR) is 35.7 cm³/mol. The topological polar surface area (TPSA) is 15.6 Å². The molecule has 2 nitrogen and oxygen atoms in total. The summed E-state index contributed by atoms with van der Waals surface area (Å²) < 4.78 is 11.6. The second-order valence-corrected chi connectivity index (χ2v) is 2.44. The van der Waals surface area contributed by atoms with Gasteiger partial charge in [0.2, 0.25) is 0 Å². The summed E-state index contributed by atoms with van der Waals surface area (Å²) in [7, 11) is 0. The third kappa shape index (κ3) is 1.82. The van der Waals surface area contributed by atoms with Crippen LogP contribution in [0.4, 0.5) is 4.39 Å². The summed E-state index contributed by atoms with van der Waals surface area (Å²) >= 11 is 5.63. The lowest BCUT2D eigenvalue weighted by Crippen LogP contribution is -2.20. The zero-order valence-electron chi connectivity index (χ0n) is 4.93. The van der Waals surface area contributed by atoms with Crippen molar-refractivity contribution in [1.82, 2.24) is 5.01 Å². The van der Waals surface area contributed by atoms with Crippen LogP contribution in [-0.4, -0.2) is 36.4 Å². The Balaban J connectivity index is 2.24. The van der Waals surface area contributed by atoms with Crippen LogP contribution in [0, 0.1) is 0 Å². The van der Waals surface area contributed by atoms with Gasteiger partial charge in [-0.1, -0.05) is 0 Å². The molecule has 1 rings (SSSR count). The summed E-state index contributed by atoms with van der Waals surface area (Å²) in [5.41, 5.74) is 0. The summed E-state index contributed by atoms with van der Waals surface area (Å²) in [6.07, 6.45) is 1.62. The summed E-state index contributed by atoms with van der Waals surface area (Å²) in [4.78, 5) is 0. The maximum absolute atomic E-state index is 11.6. The van der Waals surface area contributed by atoms with Gasteiger partial charge in [-0.15, -0.1) is 11.6 Å². The molecular weight excluding hydrogens is 143 g/mol. The Morgan fingerprint density at radius 2 is 2.67 bits per heavy atom. The van der Waals surface area contributed by atoms with Crippen molar-refractivity contribution in [1.29, 1.82) is 0 Å². The van der Waals surface area contributed by atoms with Crippen LogP contribution in [0.1, 0.15) is 0 Å². The normalized spacial score (nSPS) is 25.6. The molecule has 0 radical (unpaired) electrons. The van der Waals surface area contributed by atoms with Gasteiger partial charge in [0.25, 0.3) is 0 Å². The predicted octanol–water partition coefficient (Wildman–Crippen LogP) is 0.865. The first-order chi connectivity index (χ1) is 4.33. The lowest BCUT2D eigenvalue weighted by Gasteiger charge is -2.10. The Hall–Kier alpha value is -0.310. The van der Waals surface area contributed by atoms with Gasteiger partial charge in [-0.05, 0) is 0 Å². The molecule has 1 heterocycles. The molecule has 1 aliphatic rings. The van der Waals surface area contributed by atoms with Crippen molar-refractivity contribution in [3.63, 3.8) is 0 Å². The number of nitrogens with zero attached hydrogens (tertiary/aromatic N) is 2. The van der Waals surface area contributed by atoms with Crippen LogP contribution in [0.15, 0.2) is 5.10 Å². The van der Waals surface area contributed by atoms with E-state index in [1.165, 1.54) is 0 Å². The zero-order valence-corrected chi connectivity index (χ0v) is 5.68. The van der Waals surface area contributed by atoms with Crippen molar-refractivity contribution in [2.24, 2.45) is 5.10 Å². The Labute approximate surface area is 58.3 Å². The molecule has 0 aromatic carbocycles. The molecule has 1 unspecified atom stereocenters. The molecular formula is C5H8ClFN2. The van der Waals surface area contributed by atoms with E-state index >= 15 is 0 Å². The highest BCUT2D eigenvalue weighted by atomic mass is 35.5. The fourth-order valence-electron chi connectivity index (χ4n) is 0.709. The average molecular weight is 151 g/mol. The first-order valence-corrected chi connectivity index (χ1v) is 3.25. The Kier molecular flexibility index (Phi) is 2.28. The fraction of sp³-hybridized carbons (Fsp3) is 0.800. The quantitative estimate of drug-likeness (QED) is 0.534. The minimum Gasteiger partial charge on any atom is -0.293 e. The number of halogens is 2. The molecule has 9 heavy (non-hydrogen) atoms. The van der Waals surface area contributed by atoms with Gasteiger partial charge in [0.1, 0.15) is 6.67 Å². The number of hydrogen-bond acceptors (Lipinski definition) is 2. The Morgan fingerprint density at radius 1 is 1.89 bits per heavy atom. The molecule has 4 heteroatoms. The summed E-state index contributed by atoms with van der Waals surface area (Å²) in [5.74, 6) is 0. The lowest BCUT2D eigenvalue weighted by atomic mass is 10.5. The van der Waals surface area contributed by atoms with Crippen molar-refractivity contribution in [2.45, 2.75) is 5.38 Å². The molecule has 0 aromatic rings. The van der Waals surface area contributed by atoms with E-state index in [-0.39, 0.29) is 12.1 Å². The van der Waals surface area contributed by atoms with Crippen molar-refractivity contribution in [2.75, 3.05) is 19.8 Å². The summed E-state index contributed by atoms with van der Waals surface area (Å²) in [6, 6.07) is 0. The molecule has 0 aliphatic carbocycles. The zero-order chi connectivity index (χ0) is 6.69. The third-order valence-electron chi connectivity index (χ3n) is 1.12. The molecule has 0 amide bonds. The highest BCUT2D eigenvalue weighted by Crippen LogP contribution is 2.05. The van der Waals surface area contributed by atoms with E-state index in [1.54, 1.807) is 11.2 Å².